The Hall–Kier alpha value is -0.430. The van der Waals surface area contributed by atoms with Crippen LogP contribution in [0.5, 0.6) is 0 Å². The Kier molecular flexibility index (Phi) is 5.55. The normalized spacial score (nSPS) is 12.9. The third kappa shape index (κ3) is 4.56. The molecule has 19 heavy (non-hydrogen) atoms. The Labute approximate surface area is 124 Å². The Bertz CT molecular complexity index is 510. The van der Waals surface area contributed by atoms with Crippen molar-refractivity contribution in [3.8, 4) is 0 Å². The maximum atomic E-state index is 12.2. The van der Waals surface area contributed by atoms with Crippen LogP contribution >= 0.6 is 15.9 Å². The van der Waals surface area contributed by atoms with Crippen LogP contribution in [0.1, 0.15) is 19.4 Å². The second-order valence-corrected chi connectivity index (χ2v) is 7.64. The largest absolute Gasteiger partial charge is 0.303 e. The van der Waals surface area contributed by atoms with Gasteiger partial charge in [-0.25, -0.2) is 13.1 Å². The molecule has 0 saturated carbocycles. The van der Waals surface area contributed by atoms with Crippen LogP contribution < -0.4 is 4.72 Å². The molecular formula is C13H21BrN2O2S. The van der Waals surface area contributed by atoms with Crippen molar-refractivity contribution in [2.45, 2.75) is 29.6 Å². The van der Waals surface area contributed by atoms with E-state index in [2.05, 4.69) is 20.7 Å². The van der Waals surface area contributed by atoms with Crippen LogP contribution in [0.2, 0.25) is 0 Å². The fourth-order valence-corrected chi connectivity index (χ4v) is 2.85. The van der Waals surface area contributed by atoms with Gasteiger partial charge in [-0.15, -0.1) is 0 Å². The van der Waals surface area contributed by atoms with Gasteiger partial charge in [0.1, 0.15) is 0 Å². The highest BCUT2D eigenvalue weighted by Crippen LogP contribution is 2.14. The lowest BCUT2D eigenvalue weighted by Crippen LogP contribution is -2.48. The number of halogens is 1. The van der Waals surface area contributed by atoms with Crippen molar-refractivity contribution in [2.24, 2.45) is 0 Å². The Balaban J connectivity index is 2.81. The van der Waals surface area contributed by atoms with E-state index in [0.717, 1.165) is 5.56 Å². The highest BCUT2D eigenvalue weighted by atomic mass is 79.9. The first-order valence-electron chi connectivity index (χ1n) is 6.01. The van der Waals surface area contributed by atoms with Crippen molar-refractivity contribution < 1.29 is 8.42 Å². The van der Waals surface area contributed by atoms with Crippen molar-refractivity contribution in [1.82, 2.24) is 9.62 Å². The molecule has 0 heterocycles. The molecule has 1 rings (SSSR count). The van der Waals surface area contributed by atoms with E-state index in [-0.39, 0.29) is 5.54 Å². The van der Waals surface area contributed by atoms with Gasteiger partial charge in [0, 0.05) is 17.4 Å². The SMILES string of the molecule is CN(C)C(C)(C)CNS(=O)(=O)c1ccc(CBr)cc1. The molecule has 0 fully saturated rings. The zero-order chi connectivity index (χ0) is 14.7. The average molecular weight is 349 g/mol. The molecule has 0 amide bonds. The predicted molar refractivity (Wildman–Crippen MR) is 82.0 cm³/mol. The van der Waals surface area contributed by atoms with Gasteiger partial charge in [0.2, 0.25) is 10.0 Å². The average Bonchev–Trinajstić information content (AvgIpc) is 2.36. The number of likely N-dealkylation sites (N-methyl/N-ethyl adjacent to an activating group) is 1. The molecule has 0 aliphatic heterocycles. The number of alkyl halides is 1. The number of benzene rings is 1. The summed E-state index contributed by atoms with van der Waals surface area (Å²) in [6.07, 6.45) is 0. The van der Waals surface area contributed by atoms with E-state index in [1.54, 1.807) is 24.3 Å². The zero-order valence-electron chi connectivity index (χ0n) is 11.8. The molecule has 6 heteroatoms. The van der Waals surface area contributed by atoms with Crippen LogP contribution in [0.15, 0.2) is 29.2 Å². The lowest BCUT2D eigenvalue weighted by Gasteiger charge is -2.32. The van der Waals surface area contributed by atoms with Crippen molar-refractivity contribution >= 4 is 26.0 Å². The summed E-state index contributed by atoms with van der Waals surface area (Å²) in [5.74, 6) is 0. The lowest BCUT2D eigenvalue weighted by atomic mass is 10.1. The van der Waals surface area contributed by atoms with E-state index in [9.17, 15) is 8.42 Å². The third-order valence-corrected chi connectivity index (χ3v) is 5.36. The first kappa shape index (κ1) is 16.6. The summed E-state index contributed by atoms with van der Waals surface area (Å²) in [4.78, 5) is 2.29. The van der Waals surface area contributed by atoms with Crippen molar-refractivity contribution in [2.75, 3.05) is 20.6 Å². The van der Waals surface area contributed by atoms with E-state index in [4.69, 9.17) is 0 Å². The van der Waals surface area contributed by atoms with Gasteiger partial charge in [0.25, 0.3) is 0 Å². The van der Waals surface area contributed by atoms with Gasteiger partial charge >= 0.3 is 0 Å². The van der Waals surface area contributed by atoms with Crippen LogP contribution in [0.3, 0.4) is 0 Å². The molecule has 1 aromatic rings. The first-order chi connectivity index (χ1) is 8.69. The van der Waals surface area contributed by atoms with Gasteiger partial charge in [-0.2, -0.15) is 0 Å². The molecule has 0 spiro atoms. The Morgan fingerprint density at radius 2 is 1.74 bits per heavy atom. The molecular weight excluding hydrogens is 328 g/mol. The molecule has 0 bridgehead atoms. The minimum Gasteiger partial charge on any atom is -0.303 e. The maximum absolute atomic E-state index is 12.2. The van der Waals surface area contributed by atoms with E-state index >= 15 is 0 Å². The summed E-state index contributed by atoms with van der Waals surface area (Å²) >= 11 is 3.33. The quantitative estimate of drug-likeness (QED) is 0.801. The van der Waals surface area contributed by atoms with E-state index in [1.807, 2.05) is 32.8 Å². The molecule has 108 valence electrons. The van der Waals surface area contributed by atoms with Gasteiger partial charge in [-0.1, -0.05) is 28.1 Å². The highest BCUT2D eigenvalue weighted by Gasteiger charge is 2.24. The van der Waals surface area contributed by atoms with Gasteiger partial charge in [-0.3, -0.25) is 0 Å². The second kappa shape index (κ2) is 6.35. The van der Waals surface area contributed by atoms with Crippen LogP contribution in [-0.2, 0) is 15.4 Å². The number of hydrogen-bond acceptors (Lipinski definition) is 3. The Morgan fingerprint density at radius 3 is 2.16 bits per heavy atom. The highest BCUT2D eigenvalue weighted by molar-refractivity contribution is 9.08. The summed E-state index contributed by atoms with van der Waals surface area (Å²) < 4.78 is 27.0. The van der Waals surface area contributed by atoms with Crippen molar-refractivity contribution in [1.29, 1.82) is 0 Å². The summed E-state index contributed by atoms with van der Waals surface area (Å²) in [6, 6.07) is 6.87. The fraction of sp³-hybridized carbons (Fsp3) is 0.538. The standard InChI is InChI=1S/C13H21BrN2O2S/c1-13(2,16(3)4)10-15-19(17,18)12-7-5-11(9-14)6-8-12/h5-8,15H,9-10H2,1-4H3. The van der Waals surface area contributed by atoms with Gasteiger partial charge in [-0.05, 0) is 45.6 Å². The van der Waals surface area contributed by atoms with Gasteiger partial charge < -0.3 is 4.90 Å². The molecule has 0 radical (unpaired) electrons. The van der Waals surface area contributed by atoms with Crippen LogP contribution in [0.4, 0.5) is 0 Å². The summed E-state index contributed by atoms with van der Waals surface area (Å²) in [7, 11) is 0.415. The predicted octanol–water partition coefficient (Wildman–Crippen LogP) is 2.20. The monoisotopic (exact) mass is 348 g/mol. The minimum atomic E-state index is -3.44. The molecule has 0 atom stereocenters. The zero-order valence-corrected chi connectivity index (χ0v) is 14.2. The number of rotatable bonds is 6. The van der Waals surface area contributed by atoms with Crippen molar-refractivity contribution in [3.63, 3.8) is 0 Å². The first-order valence-corrected chi connectivity index (χ1v) is 8.61. The number of hydrogen-bond donors (Lipinski definition) is 1. The summed E-state index contributed by atoms with van der Waals surface area (Å²) in [6.45, 7) is 4.34. The van der Waals surface area contributed by atoms with Gasteiger partial charge in [0.05, 0.1) is 4.90 Å². The smallest absolute Gasteiger partial charge is 0.240 e. The lowest BCUT2D eigenvalue weighted by molar-refractivity contribution is 0.199. The summed E-state index contributed by atoms with van der Waals surface area (Å²) in [5.41, 5.74) is 0.815. The van der Waals surface area contributed by atoms with E-state index in [1.165, 1.54) is 0 Å². The van der Waals surface area contributed by atoms with Crippen LogP contribution in [-0.4, -0.2) is 39.5 Å². The number of sulfonamides is 1. The van der Waals surface area contributed by atoms with Crippen LogP contribution in [0.25, 0.3) is 0 Å². The molecule has 0 aliphatic carbocycles. The molecule has 0 saturated heterocycles. The third-order valence-electron chi connectivity index (χ3n) is 3.29. The topological polar surface area (TPSA) is 49.4 Å². The molecule has 0 aliphatic rings. The number of nitrogens with zero attached hydrogens (tertiary/aromatic N) is 1. The van der Waals surface area contributed by atoms with E-state index in [0.29, 0.717) is 16.8 Å². The molecule has 0 unspecified atom stereocenters. The maximum Gasteiger partial charge on any atom is 0.240 e. The Morgan fingerprint density at radius 1 is 1.21 bits per heavy atom. The molecule has 0 aromatic heterocycles. The molecule has 1 aromatic carbocycles. The molecule has 1 N–H and O–H groups in total. The number of nitrogens with one attached hydrogen (secondary N) is 1. The van der Waals surface area contributed by atoms with Gasteiger partial charge in [0.15, 0.2) is 0 Å². The fourth-order valence-electron chi connectivity index (χ4n) is 1.27. The second-order valence-electron chi connectivity index (χ2n) is 5.31. The van der Waals surface area contributed by atoms with Crippen LogP contribution in [0, 0.1) is 0 Å². The van der Waals surface area contributed by atoms with E-state index < -0.39 is 10.0 Å². The summed E-state index contributed by atoms with van der Waals surface area (Å²) in [5, 5.41) is 0.717. The molecule has 4 nitrogen and oxygen atoms in total. The van der Waals surface area contributed by atoms with Crippen molar-refractivity contribution in [3.05, 3.63) is 29.8 Å². The minimum absolute atomic E-state index is 0.233.